The number of carbonyl (C=O) groups excluding carboxylic acids is 3. The van der Waals surface area contributed by atoms with E-state index >= 15 is 0 Å². The molecular formula is C19H13I2N3O6. The summed E-state index contributed by atoms with van der Waals surface area (Å²) in [6.07, 6.45) is 1.56. The number of methoxy groups -OCH3 is 1. The number of halogens is 2. The van der Waals surface area contributed by atoms with Crippen LogP contribution in [0, 0.1) is 18.5 Å². The summed E-state index contributed by atoms with van der Waals surface area (Å²) in [6.45, 7) is -0.199. The van der Waals surface area contributed by atoms with Crippen molar-refractivity contribution in [2.75, 3.05) is 13.7 Å². The maximum atomic E-state index is 12.7. The fourth-order valence-electron chi connectivity index (χ4n) is 2.62. The average Bonchev–Trinajstić information content (AvgIpc) is 3.27. The first-order valence-corrected chi connectivity index (χ1v) is 10.5. The molecule has 0 atom stereocenters. The van der Waals surface area contributed by atoms with Crippen LogP contribution in [0.5, 0.6) is 5.75 Å². The van der Waals surface area contributed by atoms with Crippen molar-refractivity contribution < 1.29 is 28.3 Å². The van der Waals surface area contributed by atoms with E-state index in [4.69, 9.17) is 14.4 Å². The highest BCUT2D eigenvalue weighted by molar-refractivity contribution is 14.1. The molecule has 1 aromatic heterocycles. The minimum absolute atomic E-state index is 0.0156. The Morgan fingerprint density at radius 2 is 2.00 bits per heavy atom. The summed E-state index contributed by atoms with van der Waals surface area (Å²) in [7, 11) is 1.23. The molecule has 1 aromatic carbocycles. The van der Waals surface area contributed by atoms with Crippen molar-refractivity contribution >= 4 is 69.2 Å². The number of nitrogens with zero attached hydrogens (tertiary/aromatic N) is 2. The van der Waals surface area contributed by atoms with Gasteiger partial charge in [-0.05, 0) is 81.1 Å². The molecule has 0 aliphatic carbocycles. The average molecular weight is 633 g/mol. The van der Waals surface area contributed by atoms with Crippen LogP contribution in [0.3, 0.4) is 0 Å². The largest absolute Gasteiger partial charge is 0.477 e. The molecular weight excluding hydrogens is 620 g/mol. The second-order valence-corrected chi connectivity index (χ2v) is 8.22. The normalized spacial score (nSPS) is 14.6. The number of carbonyl (C=O) groups is 3. The summed E-state index contributed by atoms with van der Waals surface area (Å²) >= 11 is 4.15. The van der Waals surface area contributed by atoms with Crippen LogP contribution in [-0.4, -0.2) is 36.5 Å². The first-order valence-electron chi connectivity index (χ1n) is 8.34. The molecule has 11 heteroatoms. The van der Waals surface area contributed by atoms with Crippen molar-refractivity contribution in [3.8, 4) is 11.8 Å². The molecule has 0 spiro atoms. The monoisotopic (exact) mass is 633 g/mol. The van der Waals surface area contributed by atoms with Crippen LogP contribution in [0.4, 0.5) is 4.79 Å². The molecule has 1 aliphatic rings. The Labute approximate surface area is 198 Å². The highest BCUT2D eigenvalue weighted by Gasteiger charge is 2.34. The fraction of sp³-hybridized carbons (Fsp3) is 0.158. The van der Waals surface area contributed by atoms with E-state index < -0.39 is 17.9 Å². The highest BCUT2D eigenvalue weighted by atomic mass is 127. The van der Waals surface area contributed by atoms with E-state index in [1.165, 1.54) is 19.2 Å². The molecule has 2 heterocycles. The number of urea groups is 1. The molecule has 0 bridgehead atoms. The van der Waals surface area contributed by atoms with Crippen molar-refractivity contribution in [2.24, 2.45) is 0 Å². The Morgan fingerprint density at radius 1 is 1.30 bits per heavy atom. The quantitative estimate of drug-likeness (QED) is 0.225. The zero-order valence-electron chi connectivity index (χ0n) is 15.4. The molecule has 154 valence electrons. The second kappa shape index (κ2) is 9.47. The van der Waals surface area contributed by atoms with Crippen molar-refractivity contribution in [2.45, 2.75) is 6.54 Å². The zero-order valence-corrected chi connectivity index (χ0v) is 19.7. The highest BCUT2D eigenvalue weighted by Crippen LogP contribution is 2.30. The van der Waals surface area contributed by atoms with Crippen LogP contribution in [0.1, 0.15) is 21.9 Å². The van der Waals surface area contributed by atoms with Crippen LogP contribution in [0.25, 0.3) is 6.08 Å². The molecule has 3 amide bonds. The van der Waals surface area contributed by atoms with Gasteiger partial charge in [0.15, 0.2) is 6.61 Å². The topological polar surface area (TPSA) is 122 Å². The number of nitriles is 1. The molecule has 1 fully saturated rings. The number of hydrogen-bond acceptors (Lipinski definition) is 7. The molecule has 3 rings (SSSR count). The molecule has 1 aliphatic heterocycles. The van der Waals surface area contributed by atoms with Gasteiger partial charge < -0.3 is 19.2 Å². The maximum absolute atomic E-state index is 12.7. The van der Waals surface area contributed by atoms with Gasteiger partial charge in [0.1, 0.15) is 23.3 Å². The fourth-order valence-corrected chi connectivity index (χ4v) is 4.74. The number of ether oxygens (including phenoxy) is 2. The van der Waals surface area contributed by atoms with Gasteiger partial charge >= 0.3 is 12.0 Å². The third-order valence-corrected chi connectivity index (χ3v) is 5.54. The third-order valence-electron chi connectivity index (χ3n) is 3.94. The Hall–Kier alpha value is -2.60. The van der Waals surface area contributed by atoms with Gasteiger partial charge in [-0.2, -0.15) is 5.26 Å². The summed E-state index contributed by atoms with van der Waals surface area (Å²) < 4.78 is 16.8. The summed E-state index contributed by atoms with van der Waals surface area (Å²) in [5, 5.41) is 11.2. The van der Waals surface area contributed by atoms with E-state index in [1.54, 1.807) is 18.2 Å². The standard InChI is InChI=1S/C19H13I2N3O6/c1-28-18(26)15-3-2-11(30-15)9-24-17(25)14(23-19(24)27)8-10-6-12(20)16(13(21)7-10)29-5-4-22/h2-3,6-8H,5,9H2,1H3,(H,23,27)/b14-8-. The first-order chi connectivity index (χ1) is 14.3. The van der Waals surface area contributed by atoms with Crippen molar-refractivity contribution in [3.63, 3.8) is 0 Å². The Bertz CT molecular complexity index is 1080. The van der Waals surface area contributed by atoms with Gasteiger partial charge in [-0.15, -0.1) is 0 Å². The SMILES string of the molecule is COC(=O)c1ccc(CN2C(=O)N/C(=C\c3cc(I)c(OCC#N)c(I)c3)C2=O)o1. The number of hydrogen-bond donors (Lipinski definition) is 1. The summed E-state index contributed by atoms with van der Waals surface area (Å²) in [4.78, 5) is 37.4. The molecule has 0 unspecified atom stereocenters. The first kappa shape index (κ1) is 22.1. The molecule has 1 N–H and O–H groups in total. The minimum atomic E-state index is -0.648. The number of imide groups is 1. The smallest absolute Gasteiger partial charge is 0.373 e. The van der Waals surface area contributed by atoms with E-state index in [0.29, 0.717) is 11.3 Å². The van der Waals surface area contributed by atoms with Crippen LogP contribution >= 0.6 is 45.2 Å². The lowest BCUT2D eigenvalue weighted by atomic mass is 10.2. The lowest BCUT2D eigenvalue weighted by Crippen LogP contribution is -2.30. The molecule has 1 saturated heterocycles. The summed E-state index contributed by atoms with van der Waals surface area (Å²) in [6, 6.07) is 7.79. The van der Waals surface area contributed by atoms with Gasteiger partial charge in [-0.25, -0.2) is 9.59 Å². The van der Waals surface area contributed by atoms with Crippen LogP contribution in [0.15, 0.2) is 34.4 Å². The zero-order chi connectivity index (χ0) is 21.8. The number of nitrogens with one attached hydrogen (secondary N) is 1. The van der Waals surface area contributed by atoms with Crippen LogP contribution in [-0.2, 0) is 16.1 Å². The molecule has 2 aromatic rings. The van der Waals surface area contributed by atoms with Gasteiger partial charge in [-0.1, -0.05) is 0 Å². The maximum Gasteiger partial charge on any atom is 0.373 e. The number of amides is 3. The second-order valence-electron chi connectivity index (χ2n) is 5.90. The number of esters is 1. The van der Waals surface area contributed by atoms with Crippen LogP contribution in [0.2, 0.25) is 0 Å². The number of rotatable bonds is 6. The van der Waals surface area contributed by atoms with E-state index in [-0.39, 0.29) is 30.4 Å². The summed E-state index contributed by atoms with van der Waals surface area (Å²) in [5.41, 5.74) is 0.793. The van der Waals surface area contributed by atoms with E-state index in [1.807, 2.05) is 6.07 Å². The Kier molecular flexibility index (Phi) is 6.98. The van der Waals surface area contributed by atoms with E-state index in [9.17, 15) is 14.4 Å². The lowest BCUT2D eigenvalue weighted by molar-refractivity contribution is -0.123. The van der Waals surface area contributed by atoms with Crippen molar-refractivity contribution in [3.05, 3.63) is 54.2 Å². The van der Waals surface area contributed by atoms with Crippen LogP contribution < -0.4 is 10.1 Å². The third kappa shape index (κ3) is 4.75. The number of furan rings is 1. The van der Waals surface area contributed by atoms with Gasteiger partial charge in [0.2, 0.25) is 5.76 Å². The lowest BCUT2D eigenvalue weighted by Gasteiger charge is -2.09. The van der Waals surface area contributed by atoms with Gasteiger partial charge in [-0.3, -0.25) is 9.69 Å². The molecule has 9 nitrogen and oxygen atoms in total. The van der Waals surface area contributed by atoms with Gasteiger partial charge in [0.05, 0.1) is 20.8 Å². The predicted octanol–water partition coefficient (Wildman–Crippen LogP) is 3.27. The minimum Gasteiger partial charge on any atom is -0.477 e. The van der Waals surface area contributed by atoms with Crippen molar-refractivity contribution in [1.82, 2.24) is 10.2 Å². The van der Waals surface area contributed by atoms with Gasteiger partial charge in [0.25, 0.3) is 5.91 Å². The predicted molar refractivity (Wildman–Crippen MR) is 120 cm³/mol. The summed E-state index contributed by atoms with van der Waals surface area (Å²) in [5.74, 6) is -0.333. The Morgan fingerprint density at radius 3 is 2.63 bits per heavy atom. The van der Waals surface area contributed by atoms with Gasteiger partial charge in [0, 0.05) is 0 Å². The van der Waals surface area contributed by atoms with E-state index in [2.05, 4.69) is 55.2 Å². The Balaban J connectivity index is 1.79. The number of benzene rings is 1. The molecule has 0 radical (unpaired) electrons. The molecule has 30 heavy (non-hydrogen) atoms. The molecule has 0 saturated carbocycles. The van der Waals surface area contributed by atoms with E-state index in [0.717, 1.165) is 12.0 Å². The van der Waals surface area contributed by atoms with Crippen molar-refractivity contribution in [1.29, 1.82) is 5.26 Å².